The number of phenolic OH excluding ortho intramolecular Hbond substituents is 1. The van der Waals surface area contributed by atoms with Crippen LogP contribution in [0.4, 0.5) is 5.69 Å². The molecule has 140 valence electrons. The number of hydrogen-bond acceptors (Lipinski definition) is 5. The third-order valence-electron chi connectivity index (χ3n) is 4.42. The first-order valence-electron chi connectivity index (χ1n) is 8.67. The zero-order chi connectivity index (χ0) is 19.6. The number of aryl methyl sites for hydroxylation is 2. The summed E-state index contributed by atoms with van der Waals surface area (Å²) >= 11 is 1.35. The van der Waals surface area contributed by atoms with Crippen molar-refractivity contribution in [2.45, 2.75) is 20.8 Å². The van der Waals surface area contributed by atoms with Crippen LogP contribution in [0.5, 0.6) is 11.5 Å². The molecule has 1 aliphatic rings. The van der Waals surface area contributed by atoms with E-state index in [1.165, 1.54) is 30.0 Å². The molecule has 1 aliphatic heterocycles. The lowest BCUT2D eigenvalue weighted by Crippen LogP contribution is -2.28. The summed E-state index contributed by atoms with van der Waals surface area (Å²) in [5.74, 6) is 0.366. The highest BCUT2D eigenvalue weighted by atomic mass is 32.2. The molecule has 1 amide bonds. The van der Waals surface area contributed by atoms with Gasteiger partial charge in [0, 0.05) is 6.54 Å². The number of methoxy groups -OCH3 is 1. The van der Waals surface area contributed by atoms with Gasteiger partial charge in [-0.25, -0.2) is 4.99 Å². The van der Waals surface area contributed by atoms with Crippen LogP contribution >= 0.6 is 11.8 Å². The lowest BCUT2D eigenvalue weighted by Gasteiger charge is -2.12. The van der Waals surface area contributed by atoms with Gasteiger partial charge in [-0.05, 0) is 79.6 Å². The molecule has 0 spiro atoms. The minimum Gasteiger partial charge on any atom is -0.504 e. The van der Waals surface area contributed by atoms with E-state index in [0.717, 1.165) is 11.3 Å². The number of benzene rings is 2. The molecule has 1 N–H and O–H groups in total. The predicted molar refractivity (Wildman–Crippen MR) is 111 cm³/mol. The normalized spacial score (nSPS) is 17.2. The Labute approximate surface area is 163 Å². The molecule has 6 heteroatoms. The number of ether oxygens (including phenoxy) is 1. The molecular weight excluding hydrogens is 360 g/mol. The molecule has 1 heterocycles. The molecule has 27 heavy (non-hydrogen) atoms. The molecule has 3 rings (SSSR count). The fourth-order valence-electron chi connectivity index (χ4n) is 2.71. The molecule has 0 bridgehead atoms. The first kappa shape index (κ1) is 19.0. The van der Waals surface area contributed by atoms with E-state index in [2.05, 4.69) is 11.9 Å². The van der Waals surface area contributed by atoms with Gasteiger partial charge in [0.25, 0.3) is 5.91 Å². The Kier molecular flexibility index (Phi) is 5.56. The Balaban J connectivity index is 1.94. The fraction of sp³-hybridized carbons (Fsp3) is 0.238. The maximum absolute atomic E-state index is 12.8. The Hall–Kier alpha value is -2.73. The first-order chi connectivity index (χ1) is 12.9. The summed E-state index contributed by atoms with van der Waals surface area (Å²) < 4.78 is 5.14. The van der Waals surface area contributed by atoms with Gasteiger partial charge in [-0.2, -0.15) is 0 Å². The van der Waals surface area contributed by atoms with E-state index in [0.29, 0.717) is 22.4 Å². The van der Waals surface area contributed by atoms with Crippen molar-refractivity contribution in [2.24, 2.45) is 4.99 Å². The number of phenols is 1. The summed E-state index contributed by atoms with van der Waals surface area (Å²) in [5.41, 5.74) is 3.99. The SMILES string of the molecule is CCN1C(=O)/C(=C\c2ccc(O)c(OC)c2)S/C1=N/c1ccc(C)c(C)c1. The summed E-state index contributed by atoms with van der Waals surface area (Å²) in [4.78, 5) is 19.7. The maximum atomic E-state index is 12.8. The van der Waals surface area contributed by atoms with Crippen molar-refractivity contribution in [2.75, 3.05) is 13.7 Å². The van der Waals surface area contributed by atoms with E-state index in [-0.39, 0.29) is 11.7 Å². The number of amides is 1. The van der Waals surface area contributed by atoms with Crippen LogP contribution in [0.3, 0.4) is 0 Å². The van der Waals surface area contributed by atoms with Crippen LogP contribution in [-0.4, -0.2) is 34.7 Å². The number of amidine groups is 1. The Morgan fingerprint density at radius 1 is 1.19 bits per heavy atom. The highest BCUT2D eigenvalue weighted by molar-refractivity contribution is 8.18. The number of carbonyl (C=O) groups excluding carboxylic acids is 1. The Morgan fingerprint density at radius 3 is 2.63 bits per heavy atom. The van der Waals surface area contributed by atoms with Gasteiger partial charge in [-0.3, -0.25) is 9.69 Å². The number of carbonyl (C=O) groups is 1. The van der Waals surface area contributed by atoms with Crippen LogP contribution in [-0.2, 0) is 4.79 Å². The molecular formula is C21H22N2O3S. The van der Waals surface area contributed by atoms with Gasteiger partial charge in [0.15, 0.2) is 16.7 Å². The van der Waals surface area contributed by atoms with Crippen LogP contribution in [0.1, 0.15) is 23.6 Å². The molecule has 0 saturated carbocycles. The number of hydrogen-bond donors (Lipinski definition) is 1. The van der Waals surface area contributed by atoms with E-state index >= 15 is 0 Å². The number of likely N-dealkylation sites (N-methyl/N-ethyl adjacent to an activating group) is 1. The number of aromatic hydroxyl groups is 1. The highest BCUT2D eigenvalue weighted by Gasteiger charge is 2.32. The van der Waals surface area contributed by atoms with Gasteiger partial charge in [0.2, 0.25) is 0 Å². The lowest BCUT2D eigenvalue weighted by molar-refractivity contribution is -0.122. The molecule has 0 aliphatic carbocycles. The third kappa shape index (κ3) is 4.01. The summed E-state index contributed by atoms with van der Waals surface area (Å²) in [7, 11) is 1.49. The standard InChI is InChI=1S/C21H22N2O3S/c1-5-23-20(25)19(12-15-7-9-17(24)18(11-15)26-4)27-21(23)22-16-8-6-13(2)14(3)10-16/h6-12,24H,5H2,1-4H3/b19-12+,22-21+. The van der Waals surface area contributed by atoms with Gasteiger partial charge >= 0.3 is 0 Å². The zero-order valence-electron chi connectivity index (χ0n) is 15.8. The van der Waals surface area contributed by atoms with Crippen LogP contribution in [0.25, 0.3) is 6.08 Å². The van der Waals surface area contributed by atoms with Crippen LogP contribution in [0.15, 0.2) is 46.3 Å². The van der Waals surface area contributed by atoms with E-state index < -0.39 is 0 Å². The van der Waals surface area contributed by atoms with Crippen molar-refractivity contribution in [1.29, 1.82) is 0 Å². The second kappa shape index (κ2) is 7.88. The van der Waals surface area contributed by atoms with Gasteiger partial charge in [0.1, 0.15) is 0 Å². The quantitative estimate of drug-likeness (QED) is 0.783. The molecule has 5 nitrogen and oxygen atoms in total. The fourth-order valence-corrected chi connectivity index (χ4v) is 3.77. The molecule has 1 saturated heterocycles. The monoisotopic (exact) mass is 382 g/mol. The van der Waals surface area contributed by atoms with Crippen molar-refractivity contribution in [1.82, 2.24) is 4.90 Å². The highest BCUT2D eigenvalue weighted by Crippen LogP contribution is 2.35. The van der Waals surface area contributed by atoms with Gasteiger partial charge in [-0.15, -0.1) is 0 Å². The maximum Gasteiger partial charge on any atom is 0.266 e. The van der Waals surface area contributed by atoms with E-state index in [1.54, 1.807) is 29.2 Å². The smallest absolute Gasteiger partial charge is 0.266 e. The topological polar surface area (TPSA) is 62.1 Å². The minimum atomic E-state index is -0.0721. The first-order valence-corrected chi connectivity index (χ1v) is 9.49. The number of thioether (sulfide) groups is 1. The molecule has 0 unspecified atom stereocenters. The summed E-state index contributed by atoms with van der Waals surface area (Å²) in [6.45, 7) is 6.59. The van der Waals surface area contributed by atoms with Gasteiger partial charge in [0.05, 0.1) is 17.7 Å². The Bertz CT molecular complexity index is 950. The molecule has 2 aromatic carbocycles. The van der Waals surface area contributed by atoms with Crippen molar-refractivity contribution < 1.29 is 14.6 Å². The predicted octanol–water partition coefficient (Wildman–Crippen LogP) is 4.64. The average molecular weight is 382 g/mol. The minimum absolute atomic E-state index is 0.0669. The van der Waals surface area contributed by atoms with Gasteiger partial charge < -0.3 is 9.84 Å². The molecule has 0 atom stereocenters. The molecule has 0 aromatic heterocycles. The largest absolute Gasteiger partial charge is 0.504 e. The van der Waals surface area contributed by atoms with E-state index in [4.69, 9.17) is 4.74 Å². The third-order valence-corrected chi connectivity index (χ3v) is 5.43. The second-order valence-corrected chi connectivity index (χ2v) is 7.26. The zero-order valence-corrected chi connectivity index (χ0v) is 16.6. The van der Waals surface area contributed by atoms with E-state index in [9.17, 15) is 9.90 Å². The van der Waals surface area contributed by atoms with Crippen LogP contribution in [0, 0.1) is 13.8 Å². The van der Waals surface area contributed by atoms with Crippen molar-refractivity contribution in [3.63, 3.8) is 0 Å². The number of rotatable bonds is 4. The van der Waals surface area contributed by atoms with Crippen molar-refractivity contribution >= 4 is 34.6 Å². The average Bonchev–Trinajstić information content (AvgIpc) is 2.94. The van der Waals surface area contributed by atoms with Gasteiger partial charge in [-0.1, -0.05) is 12.1 Å². The lowest BCUT2D eigenvalue weighted by atomic mass is 10.1. The summed E-state index contributed by atoms with van der Waals surface area (Å²) in [5, 5.41) is 10.4. The molecule has 0 radical (unpaired) electrons. The van der Waals surface area contributed by atoms with E-state index in [1.807, 2.05) is 32.0 Å². The van der Waals surface area contributed by atoms with Crippen molar-refractivity contribution in [3.05, 3.63) is 58.0 Å². The molecule has 2 aromatic rings. The Morgan fingerprint density at radius 2 is 1.96 bits per heavy atom. The van der Waals surface area contributed by atoms with Crippen LogP contribution < -0.4 is 4.74 Å². The number of aliphatic imine (C=N–C) groups is 1. The molecule has 1 fully saturated rings. The summed E-state index contributed by atoms with van der Waals surface area (Å²) in [6.07, 6.45) is 1.79. The van der Waals surface area contributed by atoms with Crippen molar-refractivity contribution in [3.8, 4) is 11.5 Å². The number of nitrogens with zero attached hydrogens (tertiary/aromatic N) is 2. The summed E-state index contributed by atoms with van der Waals surface area (Å²) in [6, 6.07) is 11.0. The van der Waals surface area contributed by atoms with Crippen LogP contribution in [0.2, 0.25) is 0 Å². The second-order valence-electron chi connectivity index (χ2n) is 6.25.